The molecule has 19 heavy (non-hydrogen) atoms. The maximum absolute atomic E-state index is 12.6. The molecule has 0 radical (unpaired) electrons. The van der Waals surface area contributed by atoms with Gasteiger partial charge in [0.15, 0.2) is 0 Å². The minimum absolute atomic E-state index is 0.161. The number of halogens is 1. The summed E-state index contributed by atoms with van der Waals surface area (Å²) >= 11 is 4.73. The van der Waals surface area contributed by atoms with Crippen molar-refractivity contribution in [1.29, 1.82) is 0 Å². The van der Waals surface area contributed by atoms with Crippen LogP contribution < -0.4 is 0 Å². The maximum Gasteiger partial charge on any atom is 0.244 e. The third-order valence-electron chi connectivity index (χ3n) is 3.44. The monoisotopic (exact) mass is 365 g/mol. The second kappa shape index (κ2) is 5.63. The molecule has 1 aromatic heterocycles. The van der Waals surface area contributed by atoms with Crippen LogP contribution in [0.3, 0.4) is 0 Å². The summed E-state index contributed by atoms with van der Waals surface area (Å²) in [5, 5.41) is 0. The van der Waals surface area contributed by atoms with E-state index in [-0.39, 0.29) is 11.7 Å². The molecule has 0 N–H and O–H groups in total. The van der Waals surface area contributed by atoms with Crippen molar-refractivity contribution in [2.24, 2.45) is 5.92 Å². The highest BCUT2D eigenvalue weighted by atomic mass is 79.9. The van der Waals surface area contributed by atoms with Crippen LogP contribution in [0, 0.1) is 12.8 Å². The van der Waals surface area contributed by atoms with Crippen molar-refractivity contribution in [3.05, 3.63) is 14.7 Å². The summed E-state index contributed by atoms with van der Waals surface area (Å²) in [5.41, 5.74) is 0. The molecule has 1 saturated heterocycles. The van der Waals surface area contributed by atoms with Crippen molar-refractivity contribution in [2.45, 2.75) is 31.6 Å². The standard InChI is InChI=1S/C12H16BrNO3S2/c1-3-9-7-14(5-4-10(9)15)19(16,17)11-6-12(13)18-8(11)2/h6,9H,3-5,7H2,1-2H3. The molecule has 2 rings (SSSR count). The molecular weight excluding hydrogens is 350 g/mol. The Hall–Kier alpha value is -0.240. The molecule has 106 valence electrons. The van der Waals surface area contributed by atoms with Crippen LogP contribution in [0.25, 0.3) is 0 Å². The quantitative estimate of drug-likeness (QED) is 0.827. The summed E-state index contributed by atoms with van der Waals surface area (Å²) in [5.74, 6) is 0.0167. The molecule has 1 aliphatic heterocycles. The van der Waals surface area contributed by atoms with Crippen LogP contribution in [0.15, 0.2) is 14.7 Å². The minimum Gasteiger partial charge on any atom is -0.299 e. The van der Waals surface area contributed by atoms with E-state index in [9.17, 15) is 13.2 Å². The van der Waals surface area contributed by atoms with Gasteiger partial charge >= 0.3 is 0 Å². The lowest BCUT2D eigenvalue weighted by atomic mass is 9.96. The van der Waals surface area contributed by atoms with Gasteiger partial charge in [0.05, 0.1) is 8.68 Å². The molecule has 0 spiro atoms. The number of carbonyl (C=O) groups excluding carboxylic acids is 1. The van der Waals surface area contributed by atoms with E-state index in [0.717, 1.165) is 8.66 Å². The average Bonchev–Trinajstić information content (AvgIpc) is 2.69. The van der Waals surface area contributed by atoms with Crippen LogP contribution >= 0.6 is 27.3 Å². The normalized spacial score (nSPS) is 21.8. The number of hydrogen-bond acceptors (Lipinski definition) is 4. The Morgan fingerprint density at radius 1 is 1.53 bits per heavy atom. The first-order chi connectivity index (χ1) is 8.86. The lowest BCUT2D eigenvalue weighted by Crippen LogP contribution is -2.43. The summed E-state index contributed by atoms with van der Waals surface area (Å²) in [4.78, 5) is 12.8. The van der Waals surface area contributed by atoms with E-state index in [4.69, 9.17) is 0 Å². The van der Waals surface area contributed by atoms with Crippen LogP contribution in [0.4, 0.5) is 0 Å². The fraction of sp³-hybridized carbons (Fsp3) is 0.583. The lowest BCUT2D eigenvalue weighted by Gasteiger charge is -2.30. The van der Waals surface area contributed by atoms with E-state index in [1.807, 2.05) is 6.92 Å². The topological polar surface area (TPSA) is 54.5 Å². The molecule has 2 heterocycles. The molecule has 7 heteroatoms. The van der Waals surface area contributed by atoms with Gasteiger partial charge < -0.3 is 0 Å². The smallest absolute Gasteiger partial charge is 0.244 e. The second-order valence-corrected chi connectivity index (χ2v) is 9.20. The van der Waals surface area contributed by atoms with Gasteiger partial charge in [0.25, 0.3) is 0 Å². The van der Waals surface area contributed by atoms with Crippen LogP contribution in [0.1, 0.15) is 24.6 Å². The highest BCUT2D eigenvalue weighted by Crippen LogP contribution is 2.33. The Balaban J connectivity index is 2.30. The number of thiophene rings is 1. The minimum atomic E-state index is -3.48. The third kappa shape index (κ3) is 2.94. The van der Waals surface area contributed by atoms with Crippen molar-refractivity contribution in [3.63, 3.8) is 0 Å². The zero-order chi connectivity index (χ0) is 14.2. The first kappa shape index (κ1) is 15.2. The molecule has 0 bridgehead atoms. The molecule has 1 fully saturated rings. The van der Waals surface area contributed by atoms with Gasteiger partial charge in [0.1, 0.15) is 5.78 Å². The number of aryl methyl sites for hydroxylation is 1. The molecule has 0 aliphatic carbocycles. The first-order valence-electron chi connectivity index (χ1n) is 6.15. The van der Waals surface area contributed by atoms with Gasteiger partial charge in [-0.1, -0.05) is 6.92 Å². The Morgan fingerprint density at radius 2 is 2.21 bits per heavy atom. The number of ketones is 1. The van der Waals surface area contributed by atoms with E-state index in [1.54, 1.807) is 13.0 Å². The predicted molar refractivity (Wildman–Crippen MR) is 78.9 cm³/mol. The number of nitrogens with zero attached hydrogens (tertiary/aromatic N) is 1. The molecule has 1 atom stereocenters. The first-order valence-corrected chi connectivity index (χ1v) is 9.20. The zero-order valence-corrected chi connectivity index (χ0v) is 14.1. The van der Waals surface area contributed by atoms with E-state index >= 15 is 0 Å². The van der Waals surface area contributed by atoms with Crippen molar-refractivity contribution in [2.75, 3.05) is 13.1 Å². The van der Waals surface area contributed by atoms with E-state index in [1.165, 1.54) is 15.6 Å². The number of rotatable bonds is 3. The molecule has 0 amide bonds. The van der Waals surface area contributed by atoms with Crippen molar-refractivity contribution in [1.82, 2.24) is 4.31 Å². The molecule has 1 aliphatic rings. The van der Waals surface area contributed by atoms with Crippen LogP contribution in [0.2, 0.25) is 0 Å². The summed E-state index contributed by atoms with van der Waals surface area (Å²) in [6.07, 6.45) is 1.01. The fourth-order valence-electron chi connectivity index (χ4n) is 2.28. The lowest BCUT2D eigenvalue weighted by molar-refractivity contribution is -0.125. The molecule has 0 saturated carbocycles. The van der Waals surface area contributed by atoms with E-state index in [0.29, 0.717) is 30.8 Å². The van der Waals surface area contributed by atoms with Gasteiger partial charge in [0, 0.05) is 30.3 Å². The highest BCUT2D eigenvalue weighted by molar-refractivity contribution is 9.11. The Bertz CT molecular complexity index is 594. The number of hydrogen-bond donors (Lipinski definition) is 0. The molecule has 4 nitrogen and oxygen atoms in total. The maximum atomic E-state index is 12.6. The highest BCUT2D eigenvalue weighted by Gasteiger charge is 2.34. The van der Waals surface area contributed by atoms with Gasteiger partial charge in [-0.05, 0) is 35.3 Å². The zero-order valence-electron chi connectivity index (χ0n) is 10.8. The fourth-order valence-corrected chi connectivity index (χ4v) is 6.15. The molecule has 1 aromatic rings. The van der Waals surface area contributed by atoms with Crippen LogP contribution in [-0.4, -0.2) is 31.6 Å². The van der Waals surface area contributed by atoms with Gasteiger partial charge in [-0.3, -0.25) is 4.79 Å². The van der Waals surface area contributed by atoms with Gasteiger partial charge in [-0.25, -0.2) is 8.42 Å². The van der Waals surface area contributed by atoms with Gasteiger partial charge in [0.2, 0.25) is 10.0 Å². The van der Waals surface area contributed by atoms with Crippen molar-refractivity contribution < 1.29 is 13.2 Å². The molecular formula is C12H16BrNO3S2. The third-order valence-corrected chi connectivity index (χ3v) is 7.11. The van der Waals surface area contributed by atoms with E-state index in [2.05, 4.69) is 15.9 Å². The van der Waals surface area contributed by atoms with Crippen LogP contribution in [0.5, 0.6) is 0 Å². The molecule has 0 aromatic carbocycles. The van der Waals surface area contributed by atoms with E-state index < -0.39 is 10.0 Å². The number of carbonyl (C=O) groups is 1. The summed E-state index contributed by atoms with van der Waals surface area (Å²) in [6.45, 7) is 4.33. The number of piperidine rings is 1. The van der Waals surface area contributed by atoms with Gasteiger partial charge in [-0.2, -0.15) is 4.31 Å². The SMILES string of the molecule is CCC1CN(S(=O)(=O)c2cc(Br)sc2C)CCC1=O. The second-order valence-electron chi connectivity index (χ2n) is 4.66. The summed E-state index contributed by atoms with van der Waals surface area (Å²) in [6, 6.07) is 1.65. The number of Topliss-reactive ketones (excluding diaryl/α,β-unsaturated/α-hetero) is 1. The van der Waals surface area contributed by atoms with Gasteiger partial charge in [-0.15, -0.1) is 11.3 Å². The Morgan fingerprint density at radius 3 is 2.74 bits per heavy atom. The number of sulfonamides is 1. The summed E-state index contributed by atoms with van der Waals surface area (Å²) < 4.78 is 27.4. The largest absolute Gasteiger partial charge is 0.299 e. The Kier molecular flexibility index (Phi) is 4.49. The average molecular weight is 366 g/mol. The molecule has 1 unspecified atom stereocenters. The van der Waals surface area contributed by atoms with Crippen LogP contribution in [-0.2, 0) is 14.8 Å². The van der Waals surface area contributed by atoms with Crippen molar-refractivity contribution >= 4 is 43.1 Å². The summed E-state index contributed by atoms with van der Waals surface area (Å²) in [7, 11) is -3.48. The Labute approximate surface area is 126 Å². The predicted octanol–water partition coefficient (Wildman–Crippen LogP) is 2.81. The van der Waals surface area contributed by atoms with Crippen molar-refractivity contribution in [3.8, 4) is 0 Å².